The molecule has 0 aromatic heterocycles. The number of ketones is 1. The molecule has 0 N–H and O–H groups in total. The molecule has 25 heavy (non-hydrogen) atoms. The minimum absolute atomic E-state index is 0.0406. The summed E-state index contributed by atoms with van der Waals surface area (Å²) in [7, 11) is -2.34. The molecule has 0 atom stereocenters. The molecule has 2 heterocycles. The van der Waals surface area contributed by atoms with Crippen molar-refractivity contribution in [1.82, 2.24) is 4.31 Å². The highest BCUT2D eigenvalue weighted by Gasteiger charge is 2.37. The van der Waals surface area contributed by atoms with Crippen molar-refractivity contribution < 1.29 is 17.9 Å². The number of para-hydroxylation sites is 1. The Hall–Kier alpha value is -2.86. The van der Waals surface area contributed by atoms with Gasteiger partial charge >= 0.3 is 0 Å². The Morgan fingerprint density at radius 2 is 1.80 bits per heavy atom. The van der Waals surface area contributed by atoms with Crippen LogP contribution >= 0.6 is 0 Å². The third kappa shape index (κ3) is 2.46. The van der Waals surface area contributed by atoms with Crippen LogP contribution in [0.5, 0.6) is 5.75 Å². The quantitative estimate of drug-likeness (QED) is 0.740. The van der Waals surface area contributed by atoms with Crippen molar-refractivity contribution in [1.29, 1.82) is 0 Å². The van der Waals surface area contributed by atoms with E-state index >= 15 is 0 Å². The van der Waals surface area contributed by atoms with Crippen LogP contribution in [0.1, 0.15) is 15.9 Å². The average Bonchev–Trinajstić information content (AvgIpc) is 2.64. The van der Waals surface area contributed by atoms with Crippen LogP contribution in [0.2, 0.25) is 0 Å². The molecular weight excluding hydrogens is 338 g/mol. The number of nitrogens with zero attached hydrogens (tertiary/aromatic N) is 1. The van der Waals surface area contributed by atoms with Gasteiger partial charge in [-0.3, -0.25) is 9.10 Å². The van der Waals surface area contributed by atoms with Crippen LogP contribution in [0.4, 0.5) is 0 Å². The van der Waals surface area contributed by atoms with Gasteiger partial charge in [-0.2, -0.15) is 0 Å². The first kappa shape index (κ1) is 15.7. The maximum absolute atomic E-state index is 12.8. The van der Waals surface area contributed by atoms with E-state index in [-0.39, 0.29) is 28.5 Å². The lowest BCUT2D eigenvalue weighted by molar-refractivity contribution is 0.100. The Bertz CT molecular complexity index is 1050. The van der Waals surface area contributed by atoms with Crippen LogP contribution in [0.25, 0.3) is 6.08 Å². The van der Waals surface area contributed by atoms with Crippen LogP contribution in [0, 0.1) is 0 Å². The highest BCUT2D eigenvalue weighted by Crippen LogP contribution is 2.33. The summed E-state index contributed by atoms with van der Waals surface area (Å²) in [5, 5.41) is 0. The van der Waals surface area contributed by atoms with Crippen molar-refractivity contribution in [3.05, 3.63) is 77.0 Å². The Morgan fingerprint density at radius 1 is 1.08 bits per heavy atom. The monoisotopic (exact) mass is 353 g/mol. The minimum Gasteiger partial charge on any atom is -0.488 e. The van der Waals surface area contributed by atoms with Crippen molar-refractivity contribution in [3.63, 3.8) is 0 Å². The molecule has 2 aliphatic rings. The van der Waals surface area contributed by atoms with Gasteiger partial charge in [-0.15, -0.1) is 0 Å². The van der Waals surface area contributed by atoms with E-state index in [1.165, 1.54) is 19.2 Å². The number of allylic oxidation sites excluding steroid dienone is 1. The predicted molar refractivity (Wildman–Crippen MR) is 93.7 cm³/mol. The molecule has 0 bridgehead atoms. The first-order valence-electron chi connectivity index (χ1n) is 7.75. The maximum atomic E-state index is 12.8. The number of ether oxygens (including phenoxy) is 1. The molecule has 4 rings (SSSR count). The molecule has 0 spiro atoms. The topological polar surface area (TPSA) is 63.7 Å². The summed E-state index contributed by atoms with van der Waals surface area (Å²) in [5.41, 5.74) is 1.95. The SMILES string of the molecule is CN1C(=CC2=Cc3ccccc3OC2)C(=O)c2ccccc2S1(=O)=O. The van der Waals surface area contributed by atoms with Crippen LogP contribution in [0.3, 0.4) is 0 Å². The molecular formula is C19H15NO4S. The number of rotatable bonds is 1. The van der Waals surface area contributed by atoms with Crippen LogP contribution in [-0.4, -0.2) is 32.2 Å². The van der Waals surface area contributed by atoms with Gasteiger partial charge in [0.1, 0.15) is 12.4 Å². The van der Waals surface area contributed by atoms with Gasteiger partial charge in [0.2, 0.25) is 5.78 Å². The van der Waals surface area contributed by atoms with Crippen molar-refractivity contribution in [2.75, 3.05) is 13.7 Å². The van der Waals surface area contributed by atoms with Gasteiger partial charge in [0, 0.05) is 18.2 Å². The van der Waals surface area contributed by atoms with Crippen molar-refractivity contribution in [3.8, 4) is 5.75 Å². The van der Waals surface area contributed by atoms with Crippen molar-refractivity contribution >= 4 is 21.9 Å². The Balaban J connectivity index is 1.83. The Morgan fingerprint density at radius 3 is 2.64 bits per heavy atom. The van der Waals surface area contributed by atoms with E-state index in [1.54, 1.807) is 18.2 Å². The number of likely N-dealkylation sites (N-methyl/N-ethyl adjacent to an activating group) is 1. The fourth-order valence-corrected chi connectivity index (χ4v) is 4.37. The van der Waals surface area contributed by atoms with Crippen molar-refractivity contribution in [2.45, 2.75) is 4.90 Å². The summed E-state index contributed by atoms with van der Waals surface area (Å²) < 4.78 is 32.1. The van der Waals surface area contributed by atoms with E-state index in [9.17, 15) is 13.2 Å². The average molecular weight is 353 g/mol. The first-order valence-corrected chi connectivity index (χ1v) is 9.19. The Kier molecular flexibility index (Phi) is 3.51. The minimum atomic E-state index is -3.74. The van der Waals surface area contributed by atoms with Crippen LogP contribution in [0.15, 0.2) is 70.8 Å². The zero-order chi connectivity index (χ0) is 17.6. The lowest BCUT2D eigenvalue weighted by Gasteiger charge is -2.28. The number of fused-ring (bicyclic) bond motifs is 2. The molecule has 6 heteroatoms. The molecule has 5 nitrogen and oxygen atoms in total. The second kappa shape index (κ2) is 5.60. The molecule has 0 unspecified atom stereocenters. The molecule has 2 aromatic carbocycles. The largest absolute Gasteiger partial charge is 0.488 e. The summed E-state index contributed by atoms with van der Waals surface area (Å²) in [6, 6.07) is 13.8. The fourth-order valence-electron chi connectivity index (χ4n) is 2.99. The zero-order valence-electron chi connectivity index (χ0n) is 13.5. The van der Waals surface area contributed by atoms with Gasteiger partial charge in [-0.05, 0) is 35.9 Å². The van der Waals surface area contributed by atoms with E-state index in [2.05, 4.69) is 0 Å². The molecule has 0 saturated carbocycles. The number of benzene rings is 2. The van der Waals surface area contributed by atoms with Crippen molar-refractivity contribution in [2.24, 2.45) is 0 Å². The Labute approximate surface area is 145 Å². The third-order valence-corrected chi connectivity index (χ3v) is 6.15. The summed E-state index contributed by atoms with van der Waals surface area (Å²) in [4.78, 5) is 12.8. The molecule has 0 amide bonds. The molecule has 2 aromatic rings. The molecule has 0 saturated heterocycles. The number of hydrogen-bond acceptors (Lipinski definition) is 4. The molecule has 126 valence electrons. The van der Waals surface area contributed by atoms with Gasteiger partial charge in [0.15, 0.2) is 0 Å². The number of sulfonamides is 1. The lowest BCUT2D eigenvalue weighted by Crippen LogP contribution is -2.36. The number of hydrogen-bond donors (Lipinski definition) is 0. The maximum Gasteiger partial charge on any atom is 0.264 e. The predicted octanol–water partition coefficient (Wildman–Crippen LogP) is 2.86. The van der Waals surface area contributed by atoms with Gasteiger partial charge in [-0.1, -0.05) is 30.3 Å². The third-order valence-electron chi connectivity index (χ3n) is 4.32. The number of Topliss-reactive ketones (excluding diaryl/α,β-unsaturated/α-hetero) is 1. The number of carbonyl (C=O) groups is 1. The number of carbonyl (C=O) groups excluding carboxylic acids is 1. The van der Waals surface area contributed by atoms with E-state index in [1.807, 2.05) is 30.3 Å². The summed E-state index contributed by atoms with van der Waals surface area (Å²) in [6.45, 7) is 0.281. The van der Waals surface area contributed by atoms with Crippen LogP contribution < -0.4 is 4.74 Å². The van der Waals surface area contributed by atoms with Crippen LogP contribution in [-0.2, 0) is 10.0 Å². The van der Waals surface area contributed by atoms with E-state index in [4.69, 9.17) is 4.74 Å². The van der Waals surface area contributed by atoms with E-state index in [0.717, 1.165) is 21.2 Å². The molecule has 0 aliphatic carbocycles. The van der Waals surface area contributed by atoms with Gasteiger partial charge in [0.25, 0.3) is 10.0 Å². The van der Waals surface area contributed by atoms with Gasteiger partial charge in [-0.25, -0.2) is 8.42 Å². The van der Waals surface area contributed by atoms with Gasteiger partial charge < -0.3 is 4.74 Å². The van der Waals surface area contributed by atoms with Gasteiger partial charge in [0.05, 0.1) is 10.6 Å². The lowest BCUT2D eigenvalue weighted by atomic mass is 10.0. The standard InChI is InChI=1S/C19H15NO4S/c1-20-16(11-13-10-14-6-2-4-8-17(14)24-12-13)19(21)15-7-3-5-9-18(15)25(20,22)23/h2-11H,12H2,1H3. The summed E-state index contributed by atoms with van der Waals surface area (Å²) in [6.07, 6.45) is 3.49. The second-order valence-electron chi connectivity index (χ2n) is 5.87. The molecule has 0 fully saturated rings. The van der Waals surface area contributed by atoms with E-state index in [0.29, 0.717) is 0 Å². The zero-order valence-corrected chi connectivity index (χ0v) is 14.3. The molecule has 0 radical (unpaired) electrons. The highest BCUT2D eigenvalue weighted by atomic mass is 32.2. The van der Waals surface area contributed by atoms with E-state index < -0.39 is 10.0 Å². The first-order chi connectivity index (χ1) is 12.0. The smallest absolute Gasteiger partial charge is 0.264 e. The summed E-state index contributed by atoms with van der Waals surface area (Å²) >= 11 is 0. The normalized spacial score (nSPS) is 19.7. The fraction of sp³-hybridized carbons (Fsp3) is 0.105. The highest BCUT2D eigenvalue weighted by molar-refractivity contribution is 7.89. The summed E-state index contributed by atoms with van der Waals surface area (Å²) in [5.74, 6) is 0.457. The second-order valence-corrected chi connectivity index (χ2v) is 7.81. The molecule has 2 aliphatic heterocycles.